The molecule has 40 heavy (non-hydrogen) atoms. The number of ketones is 1. The number of azide groups is 1. The van der Waals surface area contributed by atoms with E-state index in [1.165, 1.54) is 24.5 Å². The number of carbonyl (C=O) groups is 2. The lowest BCUT2D eigenvalue weighted by atomic mass is 10.0. The van der Waals surface area contributed by atoms with Crippen LogP contribution in [-0.2, 0) is 14.8 Å². The van der Waals surface area contributed by atoms with E-state index in [4.69, 9.17) is 5.53 Å². The normalized spacial score (nSPS) is 12.3. The smallest absolute Gasteiger partial charge is 0.292 e. The van der Waals surface area contributed by atoms with Crippen LogP contribution in [0.2, 0.25) is 0 Å². The van der Waals surface area contributed by atoms with Gasteiger partial charge in [0, 0.05) is 48.1 Å². The van der Waals surface area contributed by atoms with Gasteiger partial charge in [0.15, 0.2) is 0 Å². The zero-order chi connectivity index (χ0) is 28.6. The first-order chi connectivity index (χ1) is 19.1. The average molecular weight is 684 g/mol. The fraction of sp³-hybridized carbons (Fsp3) is 0.111. The minimum absolute atomic E-state index is 0.0818. The number of halogens is 2. The number of nitrogens with one attached hydrogen (secondary N) is 2. The average Bonchev–Trinajstić information content (AvgIpc) is 3.52. The van der Waals surface area contributed by atoms with Crippen LogP contribution in [0.25, 0.3) is 32.2 Å². The molecule has 0 aliphatic rings. The Balaban J connectivity index is 1.57. The van der Waals surface area contributed by atoms with Crippen LogP contribution in [0.5, 0.6) is 0 Å². The van der Waals surface area contributed by atoms with Gasteiger partial charge in [-0.2, -0.15) is 0 Å². The van der Waals surface area contributed by atoms with Crippen LogP contribution in [0.3, 0.4) is 0 Å². The van der Waals surface area contributed by atoms with Crippen molar-refractivity contribution in [3.8, 4) is 0 Å². The number of benzene rings is 3. The number of nitrogens with zero attached hydrogens (tertiary/aromatic N) is 4. The van der Waals surface area contributed by atoms with Gasteiger partial charge < -0.3 is 10.3 Å². The molecule has 5 aromatic rings. The molecule has 0 spiro atoms. The molecule has 3 aromatic carbocycles. The number of hydrogen-bond donors (Lipinski definition) is 2. The van der Waals surface area contributed by atoms with Crippen molar-refractivity contribution in [1.82, 2.24) is 14.3 Å². The van der Waals surface area contributed by atoms with Crippen LogP contribution >= 0.6 is 31.9 Å². The van der Waals surface area contributed by atoms with Gasteiger partial charge in [-0.3, -0.25) is 9.59 Å². The third-order valence-electron chi connectivity index (χ3n) is 6.45. The number of Topliss-reactive ketones (excluding diaryl/α,β-unsaturated/α-hetero) is 1. The summed E-state index contributed by atoms with van der Waals surface area (Å²) >= 11 is 6.77. The van der Waals surface area contributed by atoms with Gasteiger partial charge in [-0.1, -0.05) is 66.8 Å². The van der Waals surface area contributed by atoms with E-state index in [0.29, 0.717) is 31.8 Å². The SMILES string of the molecule is Cc1ccc(S(=O)(=O)n2cc([C@H](CN=[N+]=[N-])NC(=O)C(=O)c3c[nH]c4cc(Br)ccc34)c3ccc(Br)cc32)cc1. The quantitative estimate of drug-likeness (QED) is 0.0627. The Morgan fingerprint density at radius 1 is 1.05 bits per heavy atom. The Bertz CT molecular complexity index is 1960. The molecule has 0 bridgehead atoms. The van der Waals surface area contributed by atoms with Crippen molar-refractivity contribution in [2.24, 2.45) is 5.11 Å². The van der Waals surface area contributed by atoms with Gasteiger partial charge in [-0.05, 0) is 48.9 Å². The van der Waals surface area contributed by atoms with Gasteiger partial charge in [0.05, 0.1) is 28.6 Å². The Morgan fingerprint density at radius 2 is 1.73 bits per heavy atom. The number of aryl methyl sites for hydroxylation is 1. The van der Waals surface area contributed by atoms with E-state index in [0.717, 1.165) is 14.0 Å². The molecule has 1 atom stereocenters. The summed E-state index contributed by atoms with van der Waals surface area (Å²) in [5, 5.41) is 7.35. The molecule has 0 radical (unpaired) electrons. The highest BCUT2D eigenvalue weighted by Gasteiger charge is 2.28. The van der Waals surface area contributed by atoms with Crippen molar-refractivity contribution >= 4 is 75.4 Å². The van der Waals surface area contributed by atoms with Gasteiger partial charge in [-0.25, -0.2) is 12.4 Å². The Kier molecular flexibility index (Phi) is 7.56. The number of aromatic nitrogens is 2. The van der Waals surface area contributed by atoms with E-state index in [1.54, 1.807) is 48.5 Å². The number of aromatic amines is 1. The van der Waals surface area contributed by atoms with Gasteiger partial charge in [-0.15, -0.1) is 0 Å². The molecule has 0 unspecified atom stereocenters. The summed E-state index contributed by atoms with van der Waals surface area (Å²) in [7, 11) is -4.04. The zero-order valence-electron chi connectivity index (χ0n) is 20.8. The maximum absolute atomic E-state index is 13.7. The van der Waals surface area contributed by atoms with Crippen molar-refractivity contribution < 1.29 is 18.0 Å². The first kappa shape index (κ1) is 27.7. The van der Waals surface area contributed by atoms with Crippen LogP contribution < -0.4 is 5.32 Å². The first-order valence-corrected chi connectivity index (χ1v) is 14.9. The van der Waals surface area contributed by atoms with Crippen molar-refractivity contribution in [2.45, 2.75) is 17.9 Å². The monoisotopic (exact) mass is 682 g/mol. The molecule has 2 N–H and O–H groups in total. The van der Waals surface area contributed by atoms with Gasteiger partial charge in [0.2, 0.25) is 0 Å². The largest absolute Gasteiger partial charge is 0.360 e. The van der Waals surface area contributed by atoms with Crippen LogP contribution in [0.1, 0.15) is 27.5 Å². The number of H-pyrrole nitrogens is 1. The molecular formula is C27H20Br2N6O4S. The summed E-state index contributed by atoms with van der Waals surface area (Å²) < 4.78 is 29.9. The maximum Gasteiger partial charge on any atom is 0.292 e. The number of hydrogen-bond acceptors (Lipinski definition) is 5. The minimum Gasteiger partial charge on any atom is -0.360 e. The summed E-state index contributed by atoms with van der Waals surface area (Å²) in [5.41, 5.74) is 11.5. The second-order valence-electron chi connectivity index (χ2n) is 9.02. The lowest BCUT2D eigenvalue weighted by Crippen LogP contribution is -2.35. The summed E-state index contributed by atoms with van der Waals surface area (Å²) in [6, 6.07) is 15.8. The molecule has 0 fully saturated rings. The van der Waals surface area contributed by atoms with Crippen molar-refractivity contribution in [1.29, 1.82) is 0 Å². The fourth-order valence-corrected chi connectivity index (χ4v) is 6.55. The highest BCUT2D eigenvalue weighted by molar-refractivity contribution is 9.10. The fourth-order valence-electron chi connectivity index (χ4n) is 4.47. The number of rotatable bonds is 8. The molecule has 0 saturated heterocycles. The van der Waals surface area contributed by atoms with Gasteiger partial charge in [0.25, 0.3) is 21.7 Å². The molecule has 1 amide bonds. The van der Waals surface area contributed by atoms with Crippen molar-refractivity contribution in [2.75, 3.05) is 6.54 Å². The number of amides is 1. The topological polar surface area (TPSA) is 150 Å². The van der Waals surface area contributed by atoms with Gasteiger partial charge >= 0.3 is 0 Å². The maximum atomic E-state index is 13.7. The highest BCUT2D eigenvalue weighted by Crippen LogP contribution is 2.32. The molecule has 10 nitrogen and oxygen atoms in total. The van der Waals surface area contributed by atoms with Crippen LogP contribution in [0, 0.1) is 6.92 Å². The summed E-state index contributed by atoms with van der Waals surface area (Å²) in [6.07, 6.45) is 2.84. The molecular weight excluding hydrogens is 664 g/mol. The van der Waals surface area contributed by atoms with E-state index in [-0.39, 0.29) is 17.0 Å². The third-order valence-corrected chi connectivity index (χ3v) is 9.12. The molecule has 2 aromatic heterocycles. The molecule has 2 heterocycles. The molecule has 0 aliphatic heterocycles. The summed E-state index contributed by atoms with van der Waals surface area (Å²) in [4.78, 5) is 32.2. The predicted octanol–water partition coefficient (Wildman–Crippen LogP) is 6.54. The third kappa shape index (κ3) is 5.16. The lowest BCUT2D eigenvalue weighted by Gasteiger charge is -2.16. The number of fused-ring (bicyclic) bond motifs is 2. The molecule has 13 heteroatoms. The van der Waals surface area contributed by atoms with Crippen molar-refractivity contribution in [3.63, 3.8) is 0 Å². The van der Waals surface area contributed by atoms with E-state index in [1.807, 2.05) is 6.92 Å². The van der Waals surface area contributed by atoms with Gasteiger partial charge in [0.1, 0.15) is 0 Å². The highest BCUT2D eigenvalue weighted by atomic mass is 79.9. The van der Waals surface area contributed by atoms with E-state index >= 15 is 0 Å². The van der Waals surface area contributed by atoms with Crippen LogP contribution in [-0.4, -0.2) is 35.6 Å². The summed E-state index contributed by atoms with van der Waals surface area (Å²) in [6.45, 7) is 1.60. The molecule has 0 aliphatic carbocycles. The summed E-state index contributed by atoms with van der Waals surface area (Å²) in [5.74, 6) is -1.72. The van der Waals surface area contributed by atoms with E-state index < -0.39 is 27.8 Å². The Morgan fingerprint density at radius 3 is 2.42 bits per heavy atom. The van der Waals surface area contributed by atoms with E-state index in [2.05, 4.69) is 52.2 Å². The molecule has 202 valence electrons. The second kappa shape index (κ2) is 10.9. The van der Waals surface area contributed by atoms with Crippen LogP contribution in [0.4, 0.5) is 0 Å². The molecule has 5 rings (SSSR count). The van der Waals surface area contributed by atoms with E-state index in [9.17, 15) is 18.0 Å². The predicted molar refractivity (Wildman–Crippen MR) is 159 cm³/mol. The molecule has 0 saturated carbocycles. The van der Waals surface area contributed by atoms with Crippen LogP contribution in [0.15, 0.2) is 92.0 Å². The first-order valence-electron chi connectivity index (χ1n) is 11.9. The minimum atomic E-state index is -4.04. The Labute approximate surface area is 245 Å². The number of carbonyl (C=O) groups excluding carboxylic acids is 2. The lowest BCUT2D eigenvalue weighted by molar-refractivity contribution is -0.117. The Hall–Kier alpha value is -3.90. The van der Waals surface area contributed by atoms with Crippen molar-refractivity contribution in [3.05, 3.63) is 109 Å². The second-order valence-corrected chi connectivity index (χ2v) is 12.7. The zero-order valence-corrected chi connectivity index (χ0v) is 24.8. The standard InChI is InChI=1S/C27H20Br2N6O4S/c1-15-2-6-18(7-3-15)40(38,39)35-14-22(20-9-5-17(29)11-25(20)35)24(13-32-34-30)33-27(37)26(36)21-12-31-23-10-16(28)4-8-19(21)23/h2-12,14,24,31H,13H2,1H3,(H,33,37)/t24-/m0/s1.